The number of sulfone groups is 1. The first-order valence-corrected chi connectivity index (χ1v) is 8.85. The fourth-order valence-electron chi connectivity index (χ4n) is 4.14. The van der Waals surface area contributed by atoms with Gasteiger partial charge in [0.2, 0.25) is 0 Å². The molecule has 2 aliphatic carbocycles. The van der Waals surface area contributed by atoms with Gasteiger partial charge in [0.15, 0.2) is 9.84 Å². The van der Waals surface area contributed by atoms with Gasteiger partial charge in [0.1, 0.15) is 0 Å². The third kappa shape index (κ3) is 2.33. The second-order valence-electron chi connectivity index (χ2n) is 6.57. The van der Waals surface area contributed by atoms with Crippen LogP contribution in [0.1, 0.15) is 45.4 Å². The molecule has 0 aromatic heterocycles. The number of hydrogen-bond acceptors (Lipinski definition) is 2. The predicted molar refractivity (Wildman–Crippen MR) is 76.7 cm³/mol. The quantitative estimate of drug-likeness (QED) is 0.824. The van der Waals surface area contributed by atoms with Gasteiger partial charge in [-0.3, -0.25) is 0 Å². The molecule has 0 atom stereocenters. The minimum absolute atomic E-state index is 0.156. The Morgan fingerprint density at radius 1 is 1.05 bits per heavy atom. The third-order valence-corrected chi connectivity index (χ3v) is 7.35. The summed E-state index contributed by atoms with van der Waals surface area (Å²) in [5.41, 5.74) is 0.502. The van der Waals surface area contributed by atoms with E-state index in [1.807, 2.05) is 18.2 Å². The predicted octanol–water partition coefficient (Wildman–Crippen LogP) is 3.82. The van der Waals surface area contributed by atoms with Crippen LogP contribution in [0, 0.1) is 11.3 Å². The minimum atomic E-state index is -3.11. The molecule has 2 aliphatic rings. The molecule has 1 aromatic rings. The molecule has 0 bridgehead atoms. The van der Waals surface area contributed by atoms with Gasteiger partial charge in [0.05, 0.1) is 10.1 Å². The van der Waals surface area contributed by atoms with E-state index in [-0.39, 0.29) is 5.25 Å². The highest BCUT2D eigenvalue weighted by Gasteiger charge is 2.46. The summed E-state index contributed by atoms with van der Waals surface area (Å²) < 4.78 is 25.1. The van der Waals surface area contributed by atoms with Crippen molar-refractivity contribution in [1.29, 1.82) is 0 Å². The molecule has 0 aliphatic heterocycles. The van der Waals surface area contributed by atoms with Gasteiger partial charge in [0, 0.05) is 0 Å². The van der Waals surface area contributed by atoms with E-state index < -0.39 is 9.84 Å². The van der Waals surface area contributed by atoms with Crippen LogP contribution in [0.15, 0.2) is 35.2 Å². The maximum atomic E-state index is 12.6. The lowest BCUT2D eigenvalue weighted by Crippen LogP contribution is -2.41. The Bertz CT molecular complexity index is 531. The van der Waals surface area contributed by atoms with Gasteiger partial charge in [0.25, 0.3) is 0 Å². The molecule has 3 heteroatoms. The van der Waals surface area contributed by atoms with Gasteiger partial charge in [-0.15, -0.1) is 0 Å². The second-order valence-corrected chi connectivity index (χ2v) is 8.80. The highest BCUT2D eigenvalue weighted by molar-refractivity contribution is 7.92. The van der Waals surface area contributed by atoms with E-state index in [4.69, 9.17) is 0 Å². The Kier molecular flexibility index (Phi) is 3.20. The van der Waals surface area contributed by atoms with Crippen LogP contribution in [0.3, 0.4) is 0 Å². The van der Waals surface area contributed by atoms with Gasteiger partial charge in [-0.25, -0.2) is 8.42 Å². The van der Waals surface area contributed by atoms with E-state index in [0.29, 0.717) is 10.3 Å². The summed E-state index contributed by atoms with van der Waals surface area (Å²) in [7, 11) is -3.11. The zero-order chi connectivity index (χ0) is 13.5. The molecule has 1 spiro atoms. The molecule has 2 nitrogen and oxygen atoms in total. The van der Waals surface area contributed by atoms with Crippen LogP contribution in [-0.4, -0.2) is 13.7 Å². The van der Waals surface area contributed by atoms with E-state index in [2.05, 4.69) is 6.92 Å². The van der Waals surface area contributed by atoms with Gasteiger partial charge < -0.3 is 0 Å². The Balaban J connectivity index is 1.72. The first kappa shape index (κ1) is 13.2. The molecule has 19 heavy (non-hydrogen) atoms. The van der Waals surface area contributed by atoms with Gasteiger partial charge in [-0.05, 0) is 62.0 Å². The summed E-state index contributed by atoms with van der Waals surface area (Å²) in [5, 5.41) is -0.156. The van der Waals surface area contributed by atoms with Crippen molar-refractivity contribution in [2.45, 2.75) is 55.6 Å². The van der Waals surface area contributed by atoms with Gasteiger partial charge in [-0.1, -0.05) is 25.1 Å². The smallest absolute Gasteiger partial charge is 0.181 e. The van der Waals surface area contributed by atoms with Gasteiger partial charge >= 0.3 is 0 Å². The fourth-order valence-corrected chi connectivity index (χ4v) is 5.92. The topological polar surface area (TPSA) is 34.1 Å². The van der Waals surface area contributed by atoms with Crippen molar-refractivity contribution in [2.24, 2.45) is 11.3 Å². The summed E-state index contributed by atoms with van der Waals surface area (Å²) >= 11 is 0. The highest BCUT2D eigenvalue weighted by atomic mass is 32.2. The Morgan fingerprint density at radius 2 is 1.63 bits per heavy atom. The highest BCUT2D eigenvalue weighted by Crippen LogP contribution is 2.55. The fraction of sp³-hybridized carbons (Fsp3) is 0.625. The Hall–Kier alpha value is -0.830. The average Bonchev–Trinajstić information content (AvgIpc) is 2.39. The molecule has 0 N–H and O–H groups in total. The molecule has 3 rings (SSSR count). The molecule has 0 amide bonds. The monoisotopic (exact) mass is 278 g/mol. The second kappa shape index (κ2) is 4.62. The molecule has 104 valence electrons. The van der Waals surface area contributed by atoms with Crippen molar-refractivity contribution in [3.05, 3.63) is 30.3 Å². The lowest BCUT2D eigenvalue weighted by atomic mass is 9.56. The first-order chi connectivity index (χ1) is 9.02. The lowest BCUT2D eigenvalue weighted by Gasteiger charge is -2.50. The average molecular weight is 278 g/mol. The van der Waals surface area contributed by atoms with Crippen molar-refractivity contribution in [3.63, 3.8) is 0 Å². The Morgan fingerprint density at radius 3 is 2.16 bits per heavy atom. The Labute approximate surface area is 116 Å². The molecular formula is C16H22O2S. The normalized spacial score (nSPS) is 35.0. The van der Waals surface area contributed by atoms with Crippen molar-refractivity contribution in [1.82, 2.24) is 0 Å². The molecule has 0 saturated heterocycles. The summed E-state index contributed by atoms with van der Waals surface area (Å²) in [5.74, 6) is 0.849. The zero-order valence-electron chi connectivity index (χ0n) is 11.5. The van der Waals surface area contributed by atoms with Crippen molar-refractivity contribution in [2.75, 3.05) is 0 Å². The van der Waals surface area contributed by atoms with E-state index in [0.717, 1.165) is 31.6 Å². The van der Waals surface area contributed by atoms with Crippen molar-refractivity contribution in [3.8, 4) is 0 Å². The SMILES string of the molecule is CC1CC2(CCC(S(=O)(=O)c3ccccc3)CC2)C1. The third-order valence-electron chi connectivity index (χ3n) is 5.07. The zero-order valence-corrected chi connectivity index (χ0v) is 12.3. The number of benzene rings is 1. The molecule has 0 unspecified atom stereocenters. The van der Waals surface area contributed by atoms with Crippen molar-refractivity contribution < 1.29 is 8.42 Å². The molecule has 2 fully saturated rings. The summed E-state index contributed by atoms with van der Waals surface area (Å²) in [4.78, 5) is 0.498. The van der Waals surface area contributed by atoms with Crippen molar-refractivity contribution >= 4 is 9.84 Å². The van der Waals surface area contributed by atoms with Crippen LogP contribution in [-0.2, 0) is 9.84 Å². The summed E-state index contributed by atoms with van der Waals surface area (Å²) in [6.45, 7) is 2.30. The minimum Gasteiger partial charge on any atom is -0.223 e. The summed E-state index contributed by atoms with van der Waals surface area (Å²) in [6, 6.07) is 8.94. The summed E-state index contributed by atoms with van der Waals surface area (Å²) in [6.07, 6.45) is 6.53. The maximum Gasteiger partial charge on any atom is 0.181 e. The van der Waals surface area contributed by atoms with Crippen LogP contribution in [0.4, 0.5) is 0 Å². The van der Waals surface area contributed by atoms with Crippen LogP contribution in [0.5, 0.6) is 0 Å². The van der Waals surface area contributed by atoms with E-state index >= 15 is 0 Å². The van der Waals surface area contributed by atoms with E-state index in [1.54, 1.807) is 12.1 Å². The maximum absolute atomic E-state index is 12.6. The van der Waals surface area contributed by atoms with Crippen LogP contribution in [0.2, 0.25) is 0 Å². The molecular weight excluding hydrogens is 256 g/mol. The van der Waals surface area contributed by atoms with E-state index in [9.17, 15) is 8.42 Å². The molecule has 2 saturated carbocycles. The molecule has 1 aromatic carbocycles. The first-order valence-electron chi connectivity index (χ1n) is 7.31. The lowest BCUT2D eigenvalue weighted by molar-refractivity contribution is 0.0253. The molecule has 0 radical (unpaired) electrons. The van der Waals surface area contributed by atoms with Crippen LogP contribution >= 0.6 is 0 Å². The van der Waals surface area contributed by atoms with Crippen LogP contribution < -0.4 is 0 Å². The van der Waals surface area contributed by atoms with Gasteiger partial charge in [-0.2, -0.15) is 0 Å². The number of rotatable bonds is 2. The van der Waals surface area contributed by atoms with E-state index in [1.165, 1.54) is 12.8 Å². The largest absolute Gasteiger partial charge is 0.223 e. The van der Waals surface area contributed by atoms with Crippen LogP contribution in [0.25, 0.3) is 0 Å². The standard InChI is InChI=1S/C16H22O2S/c1-13-11-16(12-13)9-7-15(8-10-16)19(17,18)14-5-3-2-4-6-14/h2-6,13,15H,7-12H2,1H3. The molecule has 0 heterocycles. The number of hydrogen-bond donors (Lipinski definition) is 0.